The minimum atomic E-state index is 0.128. The number of nitrogens with one attached hydrogen (secondary N) is 1. The van der Waals surface area contributed by atoms with Crippen LogP contribution < -0.4 is 5.32 Å². The fourth-order valence-corrected chi connectivity index (χ4v) is 3.83. The van der Waals surface area contributed by atoms with Crippen LogP contribution in [0.15, 0.2) is 22.8 Å². The maximum Gasteiger partial charge on any atom is 0.223 e. The van der Waals surface area contributed by atoms with Crippen LogP contribution in [0.4, 0.5) is 0 Å². The zero-order chi connectivity index (χ0) is 18.5. The predicted octanol–water partition coefficient (Wildman–Crippen LogP) is 2.68. The second-order valence-electron chi connectivity index (χ2n) is 7.14. The van der Waals surface area contributed by atoms with E-state index in [2.05, 4.69) is 29.2 Å². The topological polar surface area (TPSA) is 63.3 Å². The molecule has 1 fully saturated rings. The van der Waals surface area contributed by atoms with Gasteiger partial charge in [0.05, 0.1) is 18.5 Å². The lowest BCUT2D eigenvalue weighted by atomic mass is 9.95. The van der Waals surface area contributed by atoms with Gasteiger partial charge in [0.2, 0.25) is 5.91 Å². The average Bonchev–Trinajstić information content (AvgIpc) is 3.24. The first-order chi connectivity index (χ1) is 12.6. The second-order valence-corrected chi connectivity index (χ2v) is 7.14. The molecule has 2 aromatic rings. The van der Waals surface area contributed by atoms with Crippen LogP contribution in [0.2, 0.25) is 0 Å². The van der Waals surface area contributed by atoms with Crippen molar-refractivity contribution in [3.8, 4) is 0 Å². The monoisotopic (exact) mass is 358 g/mol. The molecule has 3 rings (SSSR count). The Balaban J connectivity index is 1.41. The van der Waals surface area contributed by atoms with Crippen molar-refractivity contribution in [1.29, 1.82) is 0 Å². The van der Waals surface area contributed by atoms with Crippen molar-refractivity contribution in [2.24, 2.45) is 5.92 Å². The number of nitrogens with zero attached hydrogens (tertiary/aromatic N) is 3. The van der Waals surface area contributed by atoms with Crippen molar-refractivity contribution in [2.45, 2.75) is 53.1 Å². The number of carbonyl (C=O) groups is 1. The highest BCUT2D eigenvalue weighted by Crippen LogP contribution is 2.19. The molecule has 0 radical (unpaired) electrons. The molecule has 0 aliphatic carbocycles. The summed E-state index contributed by atoms with van der Waals surface area (Å²) in [5, 5.41) is 7.68. The molecule has 1 saturated heterocycles. The average molecular weight is 358 g/mol. The molecule has 142 valence electrons. The normalized spacial score (nSPS) is 16.1. The third kappa shape index (κ3) is 4.36. The van der Waals surface area contributed by atoms with Crippen LogP contribution in [0.3, 0.4) is 0 Å². The lowest BCUT2D eigenvalue weighted by Gasteiger charge is -2.30. The highest BCUT2D eigenvalue weighted by atomic mass is 16.3. The van der Waals surface area contributed by atoms with Crippen LogP contribution in [-0.4, -0.2) is 40.2 Å². The quantitative estimate of drug-likeness (QED) is 0.826. The summed E-state index contributed by atoms with van der Waals surface area (Å²) in [6.45, 7) is 10.5. The van der Waals surface area contributed by atoms with E-state index >= 15 is 0 Å². The highest BCUT2D eigenvalue weighted by Gasteiger charge is 2.25. The van der Waals surface area contributed by atoms with Gasteiger partial charge in [-0.15, -0.1) is 0 Å². The predicted molar refractivity (Wildman–Crippen MR) is 101 cm³/mol. The first-order valence-corrected chi connectivity index (χ1v) is 9.63. The minimum Gasteiger partial charge on any atom is -0.468 e. The van der Waals surface area contributed by atoms with Crippen molar-refractivity contribution in [1.82, 2.24) is 20.0 Å². The molecule has 6 nitrogen and oxygen atoms in total. The second kappa shape index (κ2) is 8.54. The van der Waals surface area contributed by atoms with Gasteiger partial charge in [0.15, 0.2) is 0 Å². The van der Waals surface area contributed by atoms with E-state index in [0.717, 1.165) is 56.9 Å². The summed E-state index contributed by atoms with van der Waals surface area (Å²) in [5.74, 6) is 1.32. The van der Waals surface area contributed by atoms with E-state index in [1.807, 2.05) is 23.7 Å². The lowest BCUT2D eigenvalue weighted by Crippen LogP contribution is -2.40. The third-order valence-corrected chi connectivity index (χ3v) is 5.42. The summed E-state index contributed by atoms with van der Waals surface area (Å²) in [6, 6.07) is 3.92. The molecule has 3 heterocycles. The maximum absolute atomic E-state index is 12.5. The van der Waals surface area contributed by atoms with E-state index in [4.69, 9.17) is 4.42 Å². The number of piperidine rings is 1. The molecule has 6 heteroatoms. The van der Waals surface area contributed by atoms with Gasteiger partial charge in [-0.1, -0.05) is 0 Å². The summed E-state index contributed by atoms with van der Waals surface area (Å²) in [7, 11) is 0. The zero-order valence-electron chi connectivity index (χ0n) is 16.1. The molecule has 1 aliphatic heterocycles. The summed E-state index contributed by atoms with van der Waals surface area (Å²) < 4.78 is 7.44. The summed E-state index contributed by atoms with van der Waals surface area (Å²) in [5.41, 5.74) is 3.55. The van der Waals surface area contributed by atoms with Crippen LogP contribution in [0.5, 0.6) is 0 Å². The Morgan fingerprint density at radius 2 is 2.12 bits per heavy atom. The Labute approximate surface area is 155 Å². The maximum atomic E-state index is 12.5. The number of likely N-dealkylation sites (tertiary alicyclic amines) is 1. The van der Waals surface area contributed by atoms with Crippen LogP contribution in [0.1, 0.15) is 42.5 Å². The Morgan fingerprint density at radius 1 is 1.35 bits per heavy atom. The van der Waals surface area contributed by atoms with Gasteiger partial charge in [0.25, 0.3) is 0 Å². The SMILES string of the molecule is CCn1nc(C)c(CCNC(=O)C2CCN(Cc3ccco3)CC2)c1C. The molecular formula is C20H30N4O2. The largest absolute Gasteiger partial charge is 0.468 e. The van der Waals surface area contributed by atoms with E-state index in [-0.39, 0.29) is 11.8 Å². The zero-order valence-corrected chi connectivity index (χ0v) is 16.1. The standard InChI is InChI=1S/C20H30N4O2/c1-4-24-16(3)19(15(2)22-24)7-10-21-20(25)17-8-11-23(12-9-17)14-18-6-5-13-26-18/h5-6,13,17H,4,7-12,14H2,1-3H3,(H,21,25). The van der Waals surface area contributed by atoms with Gasteiger partial charge in [0, 0.05) is 24.7 Å². The van der Waals surface area contributed by atoms with Gasteiger partial charge in [0.1, 0.15) is 5.76 Å². The third-order valence-electron chi connectivity index (χ3n) is 5.42. The fourth-order valence-electron chi connectivity index (χ4n) is 3.83. The van der Waals surface area contributed by atoms with Gasteiger partial charge >= 0.3 is 0 Å². The summed E-state index contributed by atoms with van der Waals surface area (Å²) in [6.07, 6.45) is 4.39. The Hall–Kier alpha value is -2.08. The number of carbonyl (C=O) groups excluding carboxylic acids is 1. The highest BCUT2D eigenvalue weighted by molar-refractivity contribution is 5.78. The van der Waals surface area contributed by atoms with Gasteiger partial charge < -0.3 is 9.73 Å². The van der Waals surface area contributed by atoms with Crippen LogP contribution >= 0.6 is 0 Å². The molecule has 0 saturated carbocycles. The van der Waals surface area contributed by atoms with E-state index in [1.54, 1.807) is 6.26 Å². The first kappa shape index (κ1) is 18.7. The lowest BCUT2D eigenvalue weighted by molar-refractivity contribution is -0.126. The molecule has 1 amide bonds. The fraction of sp³-hybridized carbons (Fsp3) is 0.600. The molecule has 0 spiro atoms. The van der Waals surface area contributed by atoms with E-state index in [0.29, 0.717) is 6.54 Å². The molecular weight excluding hydrogens is 328 g/mol. The molecule has 26 heavy (non-hydrogen) atoms. The van der Waals surface area contributed by atoms with Crippen molar-refractivity contribution in [2.75, 3.05) is 19.6 Å². The van der Waals surface area contributed by atoms with E-state index < -0.39 is 0 Å². The van der Waals surface area contributed by atoms with Crippen molar-refractivity contribution >= 4 is 5.91 Å². The number of amides is 1. The number of rotatable bonds is 7. The van der Waals surface area contributed by atoms with Gasteiger partial charge in [-0.05, 0) is 70.8 Å². The number of aryl methyl sites for hydroxylation is 2. The molecule has 0 aromatic carbocycles. The summed E-state index contributed by atoms with van der Waals surface area (Å²) in [4.78, 5) is 14.8. The molecule has 0 atom stereocenters. The first-order valence-electron chi connectivity index (χ1n) is 9.63. The van der Waals surface area contributed by atoms with Crippen molar-refractivity contribution < 1.29 is 9.21 Å². The molecule has 1 N–H and O–H groups in total. The van der Waals surface area contributed by atoms with Gasteiger partial charge in [-0.25, -0.2) is 0 Å². The number of hydrogen-bond donors (Lipinski definition) is 1. The Kier molecular flexibility index (Phi) is 6.14. The minimum absolute atomic E-state index is 0.128. The van der Waals surface area contributed by atoms with Crippen LogP contribution in [0.25, 0.3) is 0 Å². The molecule has 0 unspecified atom stereocenters. The molecule has 1 aliphatic rings. The smallest absolute Gasteiger partial charge is 0.223 e. The Morgan fingerprint density at radius 3 is 2.73 bits per heavy atom. The number of aromatic nitrogens is 2. The Bertz CT molecular complexity index is 713. The number of hydrogen-bond acceptors (Lipinski definition) is 4. The van der Waals surface area contributed by atoms with Gasteiger partial charge in [-0.2, -0.15) is 5.10 Å². The summed E-state index contributed by atoms with van der Waals surface area (Å²) >= 11 is 0. The van der Waals surface area contributed by atoms with Crippen molar-refractivity contribution in [3.63, 3.8) is 0 Å². The van der Waals surface area contributed by atoms with Crippen LogP contribution in [0, 0.1) is 19.8 Å². The van der Waals surface area contributed by atoms with Crippen LogP contribution in [-0.2, 0) is 24.3 Å². The van der Waals surface area contributed by atoms with Crippen molar-refractivity contribution in [3.05, 3.63) is 41.1 Å². The van der Waals surface area contributed by atoms with E-state index in [9.17, 15) is 4.79 Å². The molecule has 2 aromatic heterocycles. The number of furan rings is 1. The molecule has 0 bridgehead atoms. The van der Waals surface area contributed by atoms with Gasteiger partial charge in [-0.3, -0.25) is 14.4 Å². The van der Waals surface area contributed by atoms with E-state index in [1.165, 1.54) is 11.3 Å².